The number of carbonyl (C=O) groups excluding carboxylic acids is 1. The predicted octanol–water partition coefficient (Wildman–Crippen LogP) is 2.37. The van der Waals surface area contributed by atoms with Crippen LogP contribution in [0.5, 0.6) is 0 Å². The highest BCUT2D eigenvalue weighted by atomic mass is 32.2. The first kappa shape index (κ1) is 25.1. The van der Waals surface area contributed by atoms with Gasteiger partial charge in [0.2, 0.25) is 5.91 Å². The zero-order chi connectivity index (χ0) is 25.3. The summed E-state index contributed by atoms with van der Waals surface area (Å²) < 4.78 is 40.0. The summed E-state index contributed by atoms with van der Waals surface area (Å²) in [5, 5.41) is 32.4. The number of rotatable bonds is 8. The van der Waals surface area contributed by atoms with Crippen molar-refractivity contribution in [3.63, 3.8) is 0 Å². The number of nitrogens with two attached hydrogens (primary N) is 1. The molecule has 0 unspecified atom stereocenters. The van der Waals surface area contributed by atoms with E-state index in [1.165, 1.54) is 16.8 Å². The van der Waals surface area contributed by atoms with Gasteiger partial charge in [0.25, 0.3) is 0 Å². The predicted molar refractivity (Wildman–Crippen MR) is 120 cm³/mol. The third-order valence-corrected chi connectivity index (χ3v) is 6.72. The molecule has 1 aliphatic rings. The molecule has 14 heteroatoms. The minimum Gasteiger partial charge on any atom is -0.390 e. The smallest absolute Gasteiger partial charge is 0.390 e. The van der Waals surface area contributed by atoms with Crippen LogP contribution in [0.1, 0.15) is 37.8 Å². The van der Waals surface area contributed by atoms with E-state index >= 15 is 0 Å². The molecule has 0 radical (unpaired) electrons. The summed E-state index contributed by atoms with van der Waals surface area (Å²) in [6.07, 6.45) is -5.30. The Morgan fingerprint density at radius 1 is 1.23 bits per heavy atom. The van der Waals surface area contributed by atoms with Crippen molar-refractivity contribution in [3.05, 3.63) is 29.8 Å². The van der Waals surface area contributed by atoms with Crippen LogP contribution in [0.2, 0.25) is 0 Å². The first-order chi connectivity index (χ1) is 16.6. The standard InChI is InChI=1S/C21H24F3N7O3S/c1-2-3-8-26-18-14-19(31(30-29-14)13-9-12(17(25)34)15(32)16(13)33)28-20(27-18)35-11-6-4-10(5-7-11)21(22,23)24/h4-7,12-13,15-16,32-33H,2-3,8-9H2,1H3,(H2,25,34)(H,26,27,28)/t12-,13+,15+,16-/m0/s1. The van der Waals surface area contributed by atoms with Gasteiger partial charge in [0.05, 0.1) is 23.6 Å². The molecule has 3 aromatic rings. The molecule has 1 amide bonds. The van der Waals surface area contributed by atoms with Crippen molar-refractivity contribution in [1.29, 1.82) is 0 Å². The molecule has 188 valence electrons. The van der Waals surface area contributed by atoms with Gasteiger partial charge in [-0.1, -0.05) is 18.6 Å². The van der Waals surface area contributed by atoms with E-state index in [9.17, 15) is 28.2 Å². The van der Waals surface area contributed by atoms with Crippen LogP contribution in [-0.4, -0.2) is 59.8 Å². The second kappa shape index (κ2) is 9.95. The number of alkyl halides is 3. The summed E-state index contributed by atoms with van der Waals surface area (Å²) in [7, 11) is 0. The first-order valence-corrected chi connectivity index (χ1v) is 11.8. The van der Waals surface area contributed by atoms with Crippen LogP contribution >= 0.6 is 11.8 Å². The van der Waals surface area contributed by atoms with Gasteiger partial charge in [-0.3, -0.25) is 4.79 Å². The van der Waals surface area contributed by atoms with Gasteiger partial charge in [0.1, 0.15) is 6.10 Å². The summed E-state index contributed by atoms with van der Waals surface area (Å²) in [6, 6.07) is 3.81. The fraction of sp³-hybridized carbons (Fsp3) is 0.476. The molecular formula is C21H24F3N7O3S. The number of hydrogen-bond acceptors (Lipinski definition) is 9. The SMILES string of the molecule is CCCCNc1nc(Sc2ccc(C(F)(F)F)cc2)nc2c1nnn2[C@@H]1C[C@H](C(N)=O)[C@@H](O)[C@H]1O. The Labute approximate surface area is 202 Å². The molecule has 5 N–H and O–H groups in total. The van der Waals surface area contributed by atoms with Gasteiger partial charge < -0.3 is 21.3 Å². The number of amides is 1. The molecule has 2 aromatic heterocycles. The van der Waals surface area contributed by atoms with E-state index < -0.39 is 41.8 Å². The molecular weight excluding hydrogens is 487 g/mol. The fourth-order valence-electron chi connectivity index (χ4n) is 3.94. The lowest BCUT2D eigenvalue weighted by Gasteiger charge is -2.17. The van der Waals surface area contributed by atoms with Gasteiger partial charge >= 0.3 is 6.18 Å². The summed E-state index contributed by atoms with van der Waals surface area (Å²) in [4.78, 5) is 21.1. The summed E-state index contributed by atoms with van der Waals surface area (Å²) in [5.41, 5.74) is 5.16. The van der Waals surface area contributed by atoms with Gasteiger partial charge in [-0.05, 0) is 48.9 Å². The number of nitrogens with zero attached hydrogens (tertiary/aromatic N) is 5. The Bertz CT molecular complexity index is 1210. The molecule has 1 fully saturated rings. The number of aliphatic hydroxyl groups excluding tert-OH is 2. The maximum atomic E-state index is 12.9. The highest BCUT2D eigenvalue weighted by Crippen LogP contribution is 2.38. The number of hydrogen-bond donors (Lipinski definition) is 4. The van der Waals surface area contributed by atoms with Crippen LogP contribution in [-0.2, 0) is 11.0 Å². The lowest BCUT2D eigenvalue weighted by Crippen LogP contribution is -2.35. The van der Waals surface area contributed by atoms with Crippen molar-refractivity contribution in [1.82, 2.24) is 25.0 Å². The van der Waals surface area contributed by atoms with Crippen molar-refractivity contribution in [3.8, 4) is 0 Å². The molecule has 1 aromatic carbocycles. The number of unbranched alkanes of at least 4 members (excludes halogenated alkanes) is 1. The fourth-order valence-corrected chi connectivity index (χ4v) is 4.69. The first-order valence-electron chi connectivity index (χ1n) is 11.0. The molecule has 4 rings (SSSR count). The molecule has 0 saturated heterocycles. The third-order valence-electron chi connectivity index (χ3n) is 5.85. The number of nitrogens with one attached hydrogen (secondary N) is 1. The lowest BCUT2D eigenvalue weighted by molar-refractivity contribution is -0.137. The largest absolute Gasteiger partial charge is 0.416 e. The van der Waals surface area contributed by atoms with Crippen molar-refractivity contribution in [2.24, 2.45) is 11.7 Å². The van der Waals surface area contributed by atoms with E-state index in [2.05, 4.69) is 25.6 Å². The number of primary amides is 1. The second-order valence-electron chi connectivity index (χ2n) is 8.26. The van der Waals surface area contributed by atoms with Gasteiger partial charge in [-0.2, -0.15) is 13.2 Å². The van der Waals surface area contributed by atoms with E-state index in [0.717, 1.165) is 36.7 Å². The Morgan fingerprint density at radius 3 is 2.54 bits per heavy atom. The normalized spacial score (nSPS) is 22.6. The van der Waals surface area contributed by atoms with Crippen LogP contribution in [0.3, 0.4) is 0 Å². The molecule has 1 aliphatic carbocycles. The third kappa shape index (κ3) is 5.18. The van der Waals surface area contributed by atoms with Crippen molar-refractivity contribution in [2.45, 2.75) is 60.7 Å². The Hall–Kier alpha value is -2.97. The minimum atomic E-state index is -4.44. The highest BCUT2D eigenvalue weighted by Gasteiger charge is 2.46. The van der Waals surface area contributed by atoms with Crippen molar-refractivity contribution in [2.75, 3.05) is 11.9 Å². The van der Waals surface area contributed by atoms with Crippen LogP contribution in [0.25, 0.3) is 11.2 Å². The number of carbonyl (C=O) groups is 1. The molecule has 0 aliphatic heterocycles. The maximum absolute atomic E-state index is 12.9. The molecule has 35 heavy (non-hydrogen) atoms. The zero-order valence-corrected chi connectivity index (χ0v) is 19.4. The average Bonchev–Trinajstić information content (AvgIpc) is 3.35. The molecule has 2 heterocycles. The monoisotopic (exact) mass is 511 g/mol. The zero-order valence-electron chi connectivity index (χ0n) is 18.6. The van der Waals surface area contributed by atoms with E-state index in [1.807, 2.05) is 6.92 Å². The van der Waals surface area contributed by atoms with Crippen molar-refractivity contribution < 1.29 is 28.2 Å². The summed E-state index contributed by atoms with van der Waals surface area (Å²) in [6.45, 7) is 2.62. The maximum Gasteiger partial charge on any atom is 0.416 e. The van der Waals surface area contributed by atoms with Crippen LogP contribution in [0.4, 0.5) is 19.0 Å². The summed E-state index contributed by atoms with van der Waals surface area (Å²) in [5.74, 6) is -1.32. The lowest BCUT2D eigenvalue weighted by atomic mass is 10.1. The molecule has 0 spiro atoms. The van der Waals surface area contributed by atoms with Crippen LogP contribution in [0, 0.1) is 5.92 Å². The van der Waals surface area contributed by atoms with Gasteiger partial charge in [0.15, 0.2) is 22.1 Å². The number of aliphatic hydroxyl groups is 2. The number of benzene rings is 1. The van der Waals surface area contributed by atoms with Crippen molar-refractivity contribution >= 4 is 34.7 Å². The Morgan fingerprint density at radius 2 is 1.94 bits per heavy atom. The number of fused-ring (bicyclic) bond motifs is 1. The molecule has 1 saturated carbocycles. The highest BCUT2D eigenvalue weighted by molar-refractivity contribution is 7.99. The Kier molecular flexibility index (Phi) is 7.15. The number of aromatic nitrogens is 5. The van der Waals surface area contributed by atoms with Crippen LogP contribution in [0.15, 0.2) is 34.3 Å². The van der Waals surface area contributed by atoms with Crippen LogP contribution < -0.4 is 11.1 Å². The second-order valence-corrected chi connectivity index (χ2v) is 9.30. The minimum absolute atomic E-state index is 0.0418. The van der Waals surface area contributed by atoms with E-state index in [1.54, 1.807) is 0 Å². The topological polar surface area (TPSA) is 152 Å². The summed E-state index contributed by atoms with van der Waals surface area (Å²) >= 11 is 1.05. The van der Waals surface area contributed by atoms with E-state index in [-0.39, 0.29) is 17.2 Å². The number of halogens is 3. The Balaban J connectivity index is 1.71. The van der Waals surface area contributed by atoms with E-state index in [4.69, 9.17) is 5.73 Å². The van der Waals surface area contributed by atoms with Gasteiger partial charge in [-0.25, -0.2) is 14.6 Å². The molecule has 0 bridgehead atoms. The van der Waals surface area contributed by atoms with Gasteiger partial charge in [-0.15, -0.1) is 5.10 Å². The quantitative estimate of drug-likeness (QED) is 0.264. The van der Waals surface area contributed by atoms with Gasteiger partial charge in [0, 0.05) is 11.4 Å². The number of anilines is 1. The molecule has 4 atom stereocenters. The molecule has 10 nitrogen and oxygen atoms in total. The van der Waals surface area contributed by atoms with E-state index in [0.29, 0.717) is 22.8 Å². The average molecular weight is 512 g/mol.